The maximum absolute atomic E-state index is 13.4. The van der Waals surface area contributed by atoms with E-state index in [0.29, 0.717) is 5.56 Å². The first-order valence-electron chi connectivity index (χ1n) is 5.02. The van der Waals surface area contributed by atoms with E-state index < -0.39 is 39.7 Å². The summed E-state index contributed by atoms with van der Waals surface area (Å²) in [5.41, 5.74) is 5.29. The predicted molar refractivity (Wildman–Crippen MR) is 67.6 cm³/mol. The highest BCUT2D eigenvalue weighted by Gasteiger charge is 2.30. The highest BCUT2D eigenvalue weighted by Crippen LogP contribution is 2.17. The number of rotatable bonds is 5. The van der Waals surface area contributed by atoms with Gasteiger partial charge in [0, 0.05) is 0 Å². The van der Waals surface area contributed by atoms with Crippen molar-refractivity contribution in [3.63, 3.8) is 0 Å². The minimum Gasteiger partial charge on any atom is -0.325 e. The fourth-order valence-electron chi connectivity index (χ4n) is 1.17. The van der Waals surface area contributed by atoms with Gasteiger partial charge in [-0.15, -0.1) is 12.4 Å². The molecule has 0 radical (unpaired) electrons. The Kier molecular flexibility index (Phi) is 6.27. The summed E-state index contributed by atoms with van der Waals surface area (Å²) < 4.78 is 63.9. The summed E-state index contributed by atoms with van der Waals surface area (Å²) in [7, 11) is -4.31. The standard InChI is InChI=1S/C10H13F3N2O2S.ClH/c1-7-2-3-9(8(11)4-7)18(16,17)15-6-10(12,13)5-14;/h2-4,15H,5-6,14H2,1H3;1H. The molecule has 19 heavy (non-hydrogen) atoms. The van der Waals surface area contributed by atoms with Gasteiger partial charge < -0.3 is 5.73 Å². The number of benzene rings is 1. The Morgan fingerprint density at radius 1 is 1.37 bits per heavy atom. The predicted octanol–water partition coefficient (Wildman–Crippen LogP) is 1.43. The summed E-state index contributed by atoms with van der Waals surface area (Å²) >= 11 is 0. The normalized spacial score (nSPS) is 12.1. The first kappa shape index (κ1) is 18.2. The van der Waals surface area contributed by atoms with E-state index in [4.69, 9.17) is 5.73 Å². The van der Waals surface area contributed by atoms with Gasteiger partial charge in [0.15, 0.2) is 0 Å². The molecule has 0 aliphatic rings. The largest absolute Gasteiger partial charge is 0.325 e. The number of aryl methyl sites for hydroxylation is 1. The third-order valence-electron chi connectivity index (χ3n) is 2.20. The molecule has 1 rings (SSSR count). The lowest BCUT2D eigenvalue weighted by molar-refractivity contribution is 0.0170. The molecule has 1 aromatic rings. The van der Waals surface area contributed by atoms with Crippen molar-refractivity contribution in [1.29, 1.82) is 0 Å². The van der Waals surface area contributed by atoms with Crippen LogP contribution in [0.4, 0.5) is 13.2 Å². The maximum atomic E-state index is 13.4. The molecular weight excluding hydrogens is 305 g/mol. The van der Waals surface area contributed by atoms with Crippen LogP contribution in [0.15, 0.2) is 23.1 Å². The number of sulfonamides is 1. The van der Waals surface area contributed by atoms with Crippen LogP contribution in [-0.4, -0.2) is 27.4 Å². The average molecular weight is 319 g/mol. The minimum atomic E-state index is -4.31. The summed E-state index contributed by atoms with van der Waals surface area (Å²) in [6, 6.07) is 3.40. The van der Waals surface area contributed by atoms with Gasteiger partial charge in [0.05, 0.1) is 13.1 Å². The molecule has 1 aromatic carbocycles. The van der Waals surface area contributed by atoms with Crippen LogP contribution >= 0.6 is 12.4 Å². The molecular formula is C10H14ClF3N2O2S. The van der Waals surface area contributed by atoms with E-state index in [1.807, 2.05) is 0 Å². The fraction of sp³-hybridized carbons (Fsp3) is 0.400. The molecule has 0 bridgehead atoms. The van der Waals surface area contributed by atoms with Gasteiger partial charge in [-0.05, 0) is 24.6 Å². The number of alkyl halides is 2. The van der Waals surface area contributed by atoms with Crippen molar-refractivity contribution in [2.24, 2.45) is 5.73 Å². The molecule has 110 valence electrons. The van der Waals surface area contributed by atoms with E-state index in [-0.39, 0.29) is 12.4 Å². The Hall–Kier alpha value is -0.830. The minimum absolute atomic E-state index is 0. The second kappa shape index (κ2) is 6.56. The van der Waals surface area contributed by atoms with Crippen molar-refractivity contribution in [3.05, 3.63) is 29.6 Å². The van der Waals surface area contributed by atoms with Crippen LogP contribution in [0.3, 0.4) is 0 Å². The van der Waals surface area contributed by atoms with E-state index in [9.17, 15) is 21.6 Å². The third kappa shape index (κ3) is 4.98. The first-order chi connectivity index (χ1) is 8.18. The van der Waals surface area contributed by atoms with Gasteiger partial charge in [0.1, 0.15) is 10.7 Å². The van der Waals surface area contributed by atoms with Crippen LogP contribution in [0, 0.1) is 12.7 Å². The van der Waals surface area contributed by atoms with Crippen molar-refractivity contribution in [1.82, 2.24) is 4.72 Å². The molecule has 3 N–H and O–H groups in total. The molecule has 0 atom stereocenters. The molecule has 0 spiro atoms. The number of hydrogen-bond donors (Lipinski definition) is 2. The van der Waals surface area contributed by atoms with Crippen molar-refractivity contribution in [2.75, 3.05) is 13.1 Å². The Bertz CT molecular complexity index is 538. The van der Waals surface area contributed by atoms with Crippen LogP contribution in [0.25, 0.3) is 0 Å². The zero-order valence-electron chi connectivity index (χ0n) is 9.99. The number of halogens is 4. The van der Waals surface area contributed by atoms with Gasteiger partial charge >= 0.3 is 0 Å². The Morgan fingerprint density at radius 2 is 1.95 bits per heavy atom. The molecule has 0 saturated heterocycles. The van der Waals surface area contributed by atoms with E-state index in [2.05, 4.69) is 0 Å². The summed E-state index contributed by atoms with van der Waals surface area (Å²) in [4.78, 5) is -0.666. The molecule has 9 heteroatoms. The molecule has 0 aliphatic carbocycles. The van der Waals surface area contributed by atoms with Gasteiger partial charge in [-0.25, -0.2) is 26.3 Å². The van der Waals surface area contributed by atoms with Gasteiger partial charge in [-0.3, -0.25) is 0 Å². The number of nitrogens with two attached hydrogens (primary N) is 1. The quantitative estimate of drug-likeness (QED) is 0.862. The maximum Gasteiger partial charge on any atom is 0.273 e. The second-order valence-corrected chi connectivity index (χ2v) is 5.55. The van der Waals surface area contributed by atoms with Gasteiger partial charge in [-0.1, -0.05) is 6.07 Å². The van der Waals surface area contributed by atoms with Crippen LogP contribution in [-0.2, 0) is 10.0 Å². The topological polar surface area (TPSA) is 72.2 Å². The SMILES string of the molecule is Cc1ccc(S(=O)(=O)NCC(F)(F)CN)c(F)c1.Cl. The molecule has 0 aromatic heterocycles. The van der Waals surface area contributed by atoms with Gasteiger partial charge in [0.2, 0.25) is 10.0 Å². The monoisotopic (exact) mass is 318 g/mol. The van der Waals surface area contributed by atoms with E-state index in [1.165, 1.54) is 6.07 Å². The average Bonchev–Trinajstić information content (AvgIpc) is 2.26. The van der Waals surface area contributed by atoms with Crippen LogP contribution in [0.5, 0.6) is 0 Å². The van der Waals surface area contributed by atoms with E-state index in [1.54, 1.807) is 11.6 Å². The Morgan fingerprint density at radius 3 is 2.42 bits per heavy atom. The summed E-state index contributed by atoms with van der Waals surface area (Å²) in [5.74, 6) is -4.35. The second-order valence-electron chi connectivity index (χ2n) is 3.82. The number of nitrogens with one attached hydrogen (secondary N) is 1. The summed E-state index contributed by atoms with van der Waals surface area (Å²) in [6.07, 6.45) is 0. The van der Waals surface area contributed by atoms with Crippen molar-refractivity contribution in [2.45, 2.75) is 17.7 Å². The molecule has 4 nitrogen and oxygen atoms in total. The molecule has 0 amide bonds. The third-order valence-corrected chi connectivity index (χ3v) is 3.63. The van der Waals surface area contributed by atoms with Gasteiger partial charge in [0.25, 0.3) is 5.92 Å². The van der Waals surface area contributed by atoms with Crippen molar-refractivity contribution in [3.8, 4) is 0 Å². The molecule has 0 unspecified atom stereocenters. The molecule has 0 saturated carbocycles. The summed E-state index contributed by atoms with van der Waals surface area (Å²) in [6.45, 7) is -0.583. The first-order valence-corrected chi connectivity index (χ1v) is 6.50. The fourth-order valence-corrected chi connectivity index (χ4v) is 2.29. The molecule has 0 aliphatic heterocycles. The van der Waals surface area contributed by atoms with Gasteiger partial charge in [-0.2, -0.15) is 0 Å². The molecule has 0 fully saturated rings. The van der Waals surface area contributed by atoms with Crippen molar-refractivity contribution < 1.29 is 21.6 Å². The van der Waals surface area contributed by atoms with Crippen molar-refractivity contribution >= 4 is 22.4 Å². The highest BCUT2D eigenvalue weighted by molar-refractivity contribution is 7.89. The zero-order chi connectivity index (χ0) is 14.0. The lowest BCUT2D eigenvalue weighted by Gasteiger charge is -2.15. The summed E-state index contributed by atoms with van der Waals surface area (Å²) in [5, 5.41) is 0. The molecule has 0 heterocycles. The lowest BCUT2D eigenvalue weighted by Crippen LogP contribution is -2.41. The van der Waals surface area contributed by atoms with Crippen LogP contribution < -0.4 is 10.5 Å². The van der Waals surface area contributed by atoms with Crippen LogP contribution in [0.2, 0.25) is 0 Å². The number of hydrogen-bond acceptors (Lipinski definition) is 3. The highest BCUT2D eigenvalue weighted by atomic mass is 35.5. The zero-order valence-corrected chi connectivity index (χ0v) is 11.6. The Balaban J connectivity index is 0.00000324. The Labute approximate surface area is 115 Å². The smallest absolute Gasteiger partial charge is 0.273 e. The van der Waals surface area contributed by atoms with E-state index >= 15 is 0 Å². The van der Waals surface area contributed by atoms with E-state index in [0.717, 1.165) is 12.1 Å². The lowest BCUT2D eigenvalue weighted by atomic mass is 10.2. The van der Waals surface area contributed by atoms with Crippen LogP contribution in [0.1, 0.15) is 5.56 Å².